The summed E-state index contributed by atoms with van der Waals surface area (Å²) in [7, 11) is 0. The third-order valence-electron chi connectivity index (χ3n) is 3.99. The highest BCUT2D eigenvalue weighted by Crippen LogP contribution is 2.34. The van der Waals surface area contributed by atoms with Gasteiger partial charge in [0.05, 0.1) is 34.0 Å². The number of halogens is 3. The van der Waals surface area contributed by atoms with Crippen molar-refractivity contribution < 1.29 is 4.79 Å². The lowest BCUT2D eigenvalue weighted by Crippen LogP contribution is -2.20. The number of hydrogen-bond donors (Lipinski definition) is 2. The van der Waals surface area contributed by atoms with Gasteiger partial charge in [-0.2, -0.15) is 10.2 Å². The maximum Gasteiger partial charge on any atom is 0.291 e. The molecule has 0 saturated carbocycles. The Hall–Kier alpha value is -2.61. The zero-order chi connectivity index (χ0) is 20.4. The van der Waals surface area contributed by atoms with Crippen molar-refractivity contribution in [2.75, 3.05) is 5.73 Å². The highest BCUT2D eigenvalue weighted by Gasteiger charge is 2.19. The van der Waals surface area contributed by atoms with Gasteiger partial charge in [-0.25, -0.2) is 15.1 Å². The summed E-state index contributed by atoms with van der Waals surface area (Å²) in [5.74, 6) is -0.669. The first kappa shape index (κ1) is 20.1. The lowest BCUT2D eigenvalue weighted by Gasteiger charge is -2.07. The van der Waals surface area contributed by atoms with Gasteiger partial charge in [0.25, 0.3) is 5.91 Å². The van der Waals surface area contributed by atoms with Crippen molar-refractivity contribution in [3.8, 4) is 5.69 Å². The summed E-state index contributed by atoms with van der Waals surface area (Å²) in [6, 6.07) is 9.69. The van der Waals surface area contributed by atoms with Crippen LogP contribution >= 0.6 is 34.8 Å². The number of benzene rings is 1. The second kappa shape index (κ2) is 8.18. The third-order valence-corrected chi connectivity index (χ3v) is 5.13. The minimum absolute atomic E-state index is 0.00806. The van der Waals surface area contributed by atoms with Crippen molar-refractivity contribution >= 4 is 52.6 Å². The Balaban J connectivity index is 1.83. The number of aryl methyl sites for hydroxylation is 1. The highest BCUT2D eigenvalue weighted by molar-refractivity contribution is 6.46. The second-order valence-electron chi connectivity index (χ2n) is 5.82. The van der Waals surface area contributed by atoms with Crippen LogP contribution in [-0.4, -0.2) is 26.9 Å². The first-order valence-corrected chi connectivity index (χ1v) is 9.19. The van der Waals surface area contributed by atoms with E-state index in [1.807, 2.05) is 44.2 Å². The maximum absolute atomic E-state index is 12.3. The van der Waals surface area contributed by atoms with E-state index >= 15 is 0 Å². The number of nitrogen functional groups attached to an aromatic ring is 1. The summed E-state index contributed by atoms with van der Waals surface area (Å²) in [4.78, 5) is 16.2. The van der Waals surface area contributed by atoms with Crippen LogP contribution in [0.15, 0.2) is 35.4 Å². The number of rotatable bonds is 4. The van der Waals surface area contributed by atoms with E-state index in [1.165, 1.54) is 6.21 Å². The predicted octanol–water partition coefficient (Wildman–Crippen LogP) is 4.19. The van der Waals surface area contributed by atoms with Crippen molar-refractivity contribution in [1.82, 2.24) is 20.2 Å². The van der Waals surface area contributed by atoms with Crippen LogP contribution in [0.3, 0.4) is 0 Å². The van der Waals surface area contributed by atoms with Crippen molar-refractivity contribution in [3.05, 3.63) is 68.2 Å². The maximum atomic E-state index is 12.3. The number of nitrogens with one attached hydrogen (secondary N) is 1. The SMILES string of the molecule is Cc1nn(-c2ccccc2)c(C)c1C=NNC(=O)c1nc(Cl)c(Cl)c(N)c1Cl. The number of carbonyl (C=O) groups excluding carboxylic acids is 1. The molecule has 1 amide bonds. The van der Waals surface area contributed by atoms with Crippen LogP contribution < -0.4 is 11.2 Å². The number of hydrazone groups is 1. The van der Waals surface area contributed by atoms with E-state index in [4.69, 9.17) is 40.5 Å². The molecule has 0 atom stereocenters. The summed E-state index contributed by atoms with van der Waals surface area (Å²) < 4.78 is 1.80. The number of amides is 1. The Morgan fingerprint density at radius 3 is 2.54 bits per heavy atom. The molecular weight excluding hydrogens is 423 g/mol. The first-order valence-electron chi connectivity index (χ1n) is 8.06. The molecule has 2 aromatic heterocycles. The molecule has 0 aliphatic heterocycles. The van der Waals surface area contributed by atoms with Gasteiger partial charge < -0.3 is 5.73 Å². The monoisotopic (exact) mass is 436 g/mol. The molecule has 3 aromatic rings. The molecular formula is C18H15Cl3N6O. The fourth-order valence-corrected chi connectivity index (χ4v) is 3.15. The Kier molecular flexibility index (Phi) is 5.88. The van der Waals surface area contributed by atoms with Crippen LogP contribution in [-0.2, 0) is 0 Å². The average molecular weight is 438 g/mol. The minimum atomic E-state index is -0.669. The van der Waals surface area contributed by atoms with Gasteiger partial charge in [-0.1, -0.05) is 53.0 Å². The first-order chi connectivity index (χ1) is 13.3. The fourth-order valence-electron chi connectivity index (χ4n) is 2.55. The van der Waals surface area contributed by atoms with E-state index in [-0.39, 0.29) is 26.6 Å². The van der Waals surface area contributed by atoms with Crippen LogP contribution in [0.4, 0.5) is 5.69 Å². The molecule has 3 rings (SSSR count). The number of carbonyl (C=O) groups is 1. The molecule has 2 heterocycles. The van der Waals surface area contributed by atoms with E-state index < -0.39 is 5.91 Å². The summed E-state index contributed by atoms with van der Waals surface area (Å²) in [6.45, 7) is 3.77. The number of nitrogens with zero attached hydrogens (tertiary/aromatic N) is 4. The predicted molar refractivity (Wildman–Crippen MR) is 112 cm³/mol. The Bertz CT molecular complexity index is 1080. The normalized spacial score (nSPS) is 11.2. The molecule has 0 aliphatic carbocycles. The summed E-state index contributed by atoms with van der Waals surface area (Å²) >= 11 is 17.7. The van der Waals surface area contributed by atoms with E-state index in [9.17, 15) is 4.79 Å². The standard InChI is InChI=1S/C18H15Cl3N6O/c1-9-12(10(2)27(26-9)11-6-4-3-5-7-11)8-23-25-18(28)16-13(19)15(22)14(20)17(21)24-16/h3-8H,1-2H3,(H2,22,24)(H,25,28). The molecule has 0 radical (unpaired) electrons. The molecule has 0 unspecified atom stereocenters. The molecule has 3 N–H and O–H groups in total. The zero-order valence-corrected chi connectivity index (χ0v) is 17.1. The van der Waals surface area contributed by atoms with E-state index in [1.54, 1.807) is 4.68 Å². The van der Waals surface area contributed by atoms with Crippen molar-refractivity contribution in [3.63, 3.8) is 0 Å². The fraction of sp³-hybridized carbons (Fsp3) is 0.111. The number of nitrogens with two attached hydrogens (primary N) is 1. The molecule has 7 nitrogen and oxygen atoms in total. The Labute approximate surface area is 176 Å². The largest absolute Gasteiger partial charge is 0.396 e. The topological polar surface area (TPSA) is 98.2 Å². The van der Waals surface area contributed by atoms with Crippen molar-refractivity contribution in [1.29, 1.82) is 0 Å². The zero-order valence-electron chi connectivity index (χ0n) is 14.9. The number of aromatic nitrogens is 3. The summed E-state index contributed by atoms with van der Waals surface area (Å²) in [5, 5.41) is 8.27. The summed E-state index contributed by atoms with van der Waals surface area (Å²) in [6.07, 6.45) is 1.50. The average Bonchev–Trinajstić information content (AvgIpc) is 2.98. The Morgan fingerprint density at radius 2 is 1.86 bits per heavy atom. The van der Waals surface area contributed by atoms with Gasteiger partial charge in [0.2, 0.25) is 0 Å². The van der Waals surface area contributed by atoms with Gasteiger partial charge in [0, 0.05) is 5.56 Å². The molecule has 0 aliphatic rings. The van der Waals surface area contributed by atoms with Gasteiger partial charge >= 0.3 is 0 Å². The van der Waals surface area contributed by atoms with E-state index in [0.717, 1.165) is 22.6 Å². The number of anilines is 1. The van der Waals surface area contributed by atoms with Gasteiger partial charge in [0.1, 0.15) is 5.02 Å². The van der Waals surface area contributed by atoms with Gasteiger partial charge in [0.15, 0.2) is 10.8 Å². The third kappa shape index (κ3) is 3.82. The molecule has 0 fully saturated rings. The van der Waals surface area contributed by atoms with Crippen LogP contribution in [0.1, 0.15) is 27.4 Å². The summed E-state index contributed by atoms with van der Waals surface area (Å²) in [5.41, 5.74) is 11.2. The number of hydrogen-bond acceptors (Lipinski definition) is 5. The lowest BCUT2D eigenvalue weighted by molar-refractivity contribution is 0.0950. The molecule has 0 spiro atoms. The molecule has 28 heavy (non-hydrogen) atoms. The molecule has 10 heteroatoms. The van der Waals surface area contributed by atoms with Gasteiger partial charge in [-0.05, 0) is 26.0 Å². The minimum Gasteiger partial charge on any atom is -0.396 e. The van der Waals surface area contributed by atoms with Crippen molar-refractivity contribution in [2.24, 2.45) is 5.10 Å². The van der Waals surface area contributed by atoms with Gasteiger partial charge in [-0.3, -0.25) is 4.79 Å². The molecule has 1 aromatic carbocycles. The van der Waals surface area contributed by atoms with Crippen LogP contribution in [0.5, 0.6) is 0 Å². The smallest absolute Gasteiger partial charge is 0.291 e. The molecule has 0 saturated heterocycles. The van der Waals surface area contributed by atoms with Crippen LogP contribution in [0, 0.1) is 13.8 Å². The quantitative estimate of drug-likeness (QED) is 0.363. The highest BCUT2D eigenvalue weighted by atomic mass is 35.5. The van der Waals surface area contributed by atoms with Crippen molar-refractivity contribution in [2.45, 2.75) is 13.8 Å². The van der Waals surface area contributed by atoms with Gasteiger partial charge in [-0.15, -0.1) is 0 Å². The Morgan fingerprint density at radius 1 is 1.18 bits per heavy atom. The number of pyridine rings is 1. The van der Waals surface area contributed by atoms with E-state index in [2.05, 4.69) is 20.6 Å². The molecule has 0 bridgehead atoms. The van der Waals surface area contributed by atoms with E-state index in [0.29, 0.717) is 0 Å². The number of para-hydroxylation sites is 1. The second-order valence-corrected chi connectivity index (χ2v) is 6.94. The van der Waals surface area contributed by atoms with Crippen LogP contribution in [0.25, 0.3) is 5.69 Å². The van der Waals surface area contributed by atoms with Crippen LogP contribution in [0.2, 0.25) is 15.2 Å². The molecule has 144 valence electrons. The lowest BCUT2D eigenvalue weighted by atomic mass is 10.2.